The van der Waals surface area contributed by atoms with Gasteiger partial charge in [0.25, 0.3) is 11.5 Å². The van der Waals surface area contributed by atoms with Crippen LogP contribution in [-0.4, -0.2) is 27.4 Å². The molecule has 1 amide bonds. The van der Waals surface area contributed by atoms with Crippen LogP contribution in [0, 0.1) is 0 Å². The number of nitrogen functional groups attached to an aromatic ring is 1. The monoisotopic (exact) mass is 401 g/mol. The van der Waals surface area contributed by atoms with E-state index in [9.17, 15) is 9.59 Å². The van der Waals surface area contributed by atoms with Gasteiger partial charge in [-0.25, -0.2) is 0 Å². The summed E-state index contributed by atoms with van der Waals surface area (Å²) in [6.07, 6.45) is 4.01. The van der Waals surface area contributed by atoms with Crippen LogP contribution in [0.4, 0.5) is 5.95 Å². The van der Waals surface area contributed by atoms with Crippen molar-refractivity contribution in [2.24, 2.45) is 0 Å². The quantitative estimate of drug-likeness (QED) is 0.381. The van der Waals surface area contributed by atoms with E-state index in [2.05, 4.69) is 20.3 Å². The molecule has 0 aliphatic heterocycles. The molecule has 4 aromatic rings. The number of hydrogen-bond acceptors (Lipinski definition) is 4. The minimum atomic E-state index is -0.240. The number of nitrogens with two attached hydrogens (primary N) is 1. The number of hydrogen-bond donors (Lipinski definition) is 4. The fourth-order valence-corrected chi connectivity index (χ4v) is 3.49. The third kappa shape index (κ3) is 4.41. The number of nitrogens with one attached hydrogen (secondary N) is 3. The van der Waals surface area contributed by atoms with E-state index in [-0.39, 0.29) is 17.4 Å². The summed E-state index contributed by atoms with van der Waals surface area (Å²) in [4.78, 5) is 34.1. The molecule has 2 heterocycles. The number of nitrogens with zero attached hydrogens (tertiary/aromatic N) is 1. The van der Waals surface area contributed by atoms with Gasteiger partial charge >= 0.3 is 0 Å². The van der Waals surface area contributed by atoms with Crippen molar-refractivity contribution in [2.75, 3.05) is 12.3 Å². The largest absolute Gasteiger partial charge is 0.369 e. The Kier molecular flexibility index (Phi) is 5.61. The lowest BCUT2D eigenvalue weighted by Crippen LogP contribution is -2.25. The average Bonchev–Trinajstić information content (AvgIpc) is 3.16. The van der Waals surface area contributed by atoms with Crippen LogP contribution in [0.2, 0.25) is 0 Å². The molecule has 0 radical (unpaired) electrons. The fourth-order valence-electron chi connectivity index (χ4n) is 3.49. The number of H-pyrrole nitrogens is 2. The predicted octanol–water partition coefficient (Wildman–Crippen LogP) is 2.59. The fraction of sp³-hybridized carbons (Fsp3) is 0.174. The van der Waals surface area contributed by atoms with Crippen molar-refractivity contribution < 1.29 is 4.79 Å². The molecule has 7 nitrogen and oxygen atoms in total. The first kappa shape index (κ1) is 19.4. The van der Waals surface area contributed by atoms with Gasteiger partial charge in [-0.05, 0) is 48.1 Å². The van der Waals surface area contributed by atoms with Gasteiger partial charge in [0.05, 0.1) is 5.39 Å². The zero-order chi connectivity index (χ0) is 20.9. The highest BCUT2D eigenvalue weighted by Gasteiger charge is 2.10. The SMILES string of the molecule is Nc1nc2[nH]cc(CCc3ccc(C(=O)NCCc4ccccc4)cc3)c2c(=O)[nH]1. The number of fused-ring (bicyclic) bond motifs is 1. The molecule has 0 fully saturated rings. The van der Waals surface area contributed by atoms with Crippen molar-refractivity contribution in [2.45, 2.75) is 19.3 Å². The van der Waals surface area contributed by atoms with Crippen molar-refractivity contribution in [3.63, 3.8) is 0 Å². The second-order valence-corrected chi connectivity index (χ2v) is 7.18. The van der Waals surface area contributed by atoms with Crippen molar-refractivity contribution >= 4 is 22.9 Å². The Hall–Kier alpha value is -3.87. The Morgan fingerprint density at radius 2 is 1.70 bits per heavy atom. The molecular weight excluding hydrogens is 378 g/mol. The van der Waals surface area contributed by atoms with Gasteiger partial charge in [0.1, 0.15) is 5.65 Å². The minimum Gasteiger partial charge on any atom is -0.369 e. The van der Waals surface area contributed by atoms with Crippen LogP contribution in [0.1, 0.15) is 27.0 Å². The van der Waals surface area contributed by atoms with Gasteiger partial charge in [-0.1, -0.05) is 42.5 Å². The number of aromatic amines is 2. The molecule has 2 aromatic carbocycles. The van der Waals surface area contributed by atoms with Gasteiger partial charge in [0, 0.05) is 18.3 Å². The number of rotatable bonds is 7. The lowest BCUT2D eigenvalue weighted by molar-refractivity contribution is 0.0954. The lowest BCUT2D eigenvalue weighted by atomic mass is 10.0. The Morgan fingerprint density at radius 1 is 0.967 bits per heavy atom. The molecule has 4 rings (SSSR count). The number of carbonyl (C=O) groups excluding carboxylic acids is 1. The molecule has 152 valence electrons. The number of anilines is 1. The zero-order valence-corrected chi connectivity index (χ0v) is 16.4. The maximum atomic E-state index is 12.3. The van der Waals surface area contributed by atoms with E-state index in [1.807, 2.05) is 54.6 Å². The van der Waals surface area contributed by atoms with Crippen molar-refractivity contribution in [3.05, 3.63) is 93.4 Å². The van der Waals surface area contributed by atoms with Gasteiger partial charge < -0.3 is 16.0 Å². The predicted molar refractivity (Wildman–Crippen MR) is 117 cm³/mol. The smallest absolute Gasteiger partial charge is 0.262 e. The van der Waals surface area contributed by atoms with Gasteiger partial charge in [-0.2, -0.15) is 4.98 Å². The summed E-state index contributed by atoms with van der Waals surface area (Å²) >= 11 is 0. The highest BCUT2D eigenvalue weighted by molar-refractivity contribution is 5.94. The average molecular weight is 401 g/mol. The Labute approximate surface area is 173 Å². The molecule has 0 bridgehead atoms. The summed E-state index contributed by atoms with van der Waals surface area (Å²) in [7, 11) is 0. The molecule has 0 aliphatic carbocycles. The summed E-state index contributed by atoms with van der Waals surface area (Å²) in [6.45, 7) is 0.595. The topological polar surface area (TPSA) is 117 Å². The molecule has 0 atom stereocenters. The third-order valence-corrected chi connectivity index (χ3v) is 5.08. The van der Waals surface area contributed by atoms with E-state index in [1.54, 1.807) is 6.20 Å². The number of carbonyl (C=O) groups is 1. The van der Waals surface area contributed by atoms with Crippen LogP contribution in [0.3, 0.4) is 0 Å². The molecule has 0 aliphatic rings. The van der Waals surface area contributed by atoms with Crippen LogP contribution < -0.4 is 16.6 Å². The van der Waals surface area contributed by atoms with Crippen molar-refractivity contribution in [1.82, 2.24) is 20.3 Å². The van der Waals surface area contributed by atoms with Crippen LogP contribution in [-0.2, 0) is 19.3 Å². The minimum absolute atomic E-state index is 0.0793. The Bertz CT molecular complexity index is 1210. The number of benzene rings is 2. The molecule has 0 saturated heterocycles. The first-order valence-corrected chi connectivity index (χ1v) is 9.87. The lowest BCUT2D eigenvalue weighted by Gasteiger charge is -2.07. The molecule has 30 heavy (non-hydrogen) atoms. The van der Waals surface area contributed by atoms with Crippen LogP contribution in [0.5, 0.6) is 0 Å². The summed E-state index contributed by atoms with van der Waals surface area (Å²) < 4.78 is 0. The van der Waals surface area contributed by atoms with Crippen LogP contribution in [0.15, 0.2) is 65.6 Å². The van der Waals surface area contributed by atoms with Crippen LogP contribution >= 0.6 is 0 Å². The number of aryl methyl sites for hydroxylation is 2. The maximum Gasteiger partial charge on any atom is 0.262 e. The highest BCUT2D eigenvalue weighted by atomic mass is 16.1. The molecule has 0 spiro atoms. The zero-order valence-electron chi connectivity index (χ0n) is 16.4. The van der Waals surface area contributed by atoms with E-state index in [1.165, 1.54) is 5.56 Å². The molecule has 2 aromatic heterocycles. The van der Waals surface area contributed by atoms with Crippen molar-refractivity contribution in [3.8, 4) is 0 Å². The summed E-state index contributed by atoms with van der Waals surface area (Å²) in [5.74, 6) is 0.0165. The summed E-state index contributed by atoms with van der Waals surface area (Å²) in [5.41, 5.74) is 9.64. The number of aromatic nitrogens is 3. The van der Waals surface area contributed by atoms with E-state index in [4.69, 9.17) is 5.73 Å². The van der Waals surface area contributed by atoms with Gasteiger partial charge in [0.2, 0.25) is 5.95 Å². The second-order valence-electron chi connectivity index (χ2n) is 7.18. The summed E-state index contributed by atoms with van der Waals surface area (Å²) in [6, 6.07) is 17.6. The Morgan fingerprint density at radius 3 is 2.47 bits per heavy atom. The van der Waals surface area contributed by atoms with Gasteiger partial charge in [-0.15, -0.1) is 0 Å². The normalized spacial score (nSPS) is 10.9. The summed E-state index contributed by atoms with van der Waals surface area (Å²) in [5, 5.41) is 3.49. The molecule has 5 N–H and O–H groups in total. The molecule has 0 unspecified atom stereocenters. The molecule has 7 heteroatoms. The van der Waals surface area contributed by atoms with Gasteiger partial charge in [-0.3, -0.25) is 14.6 Å². The first-order valence-electron chi connectivity index (χ1n) is 9.87. The van der Waals surface area contributed by atoms with Crippen molar-refractivity contribution in [1.29, 1.82) is 0 Å². The first-order chi connectivity index (χ1) is 14.6. The van der Waals surface area contributed by atoms with E-state index in [0.29, 0.717) is 29.6 Å². The third-order valence-electron chi connectivity index (χ3n) is 5.08. The maximum absolute atomic E-state index is 12.3. The van der Waals surface area contributed by atoms with Gasteiger partial charge in [0.15, 0.2) is 0 Å². The second kappa shape index (κ2) is 8.65. The van der Waals surface area contributed by atoms with E-state index in [0.717, 1.165) is 24.0 Å². The van der Waals surface area contributed by atoms with E-state index >= 15 is 0 Å². The Balaban J connectivity index is 1.34. The highest BCUT2D eigenvalue weighted by Crippen LogP contribution is 2.16. The molecule has 0 saturated carbocycles. The van der Waals surface area contributed by atoms with Crippen LogP contribution in [0.25, 0.3) is 11.0 Å². The standard InChI is InChI=1S/C23H23N5O2/c24-23-27-20-19(22(30)28-23)18(14-26-20)11-8-16-6-9-17(10-7-16)21(29)25-13-12-15-4-2-1-3-5-15/h1-7,9-10,14H,8,11-13H2,(H,25,29)(H4,24,26,27,28,30). The molecular formula is C23H23N5O2. The number of amides is 1. The van der Waals surface area contributed by atoms with E-state index < -0.39 is 0 Å².